The summed E-state index contributed by atoms with van der Waals surface area (Å²) >= 11 is 0. The van der Waals surface area contributed by atoms with Gasteiger partial charge >= 0.3 is 18.0 Å². The second kappa shape index (κ2) is 10.2. The fourth-order valence-corrected chi connectivity index (χ4v) is 1.85. The van der Waals surface area contributed by atoms with Crippen molar-refractivity contribution in [3.63, 3.8) is 0 Å². The zero-order valence-electron chi connectivity index (χ0n) is 13.0. The summed E-state index contributed by atoms with van der Waals surface area (Å²) < 4.78 is 9.71. The monoisotopic (exact) mass is 323 g/mol. The van der Waals surface area contributed by atoms with Gasteiger partial charge in [0.1, 0.15) is 6.61 Å². The smallest absolute Gasteiger partial charge is 0.407 e. The van der Waals surface area contributed by atoms with Crippen LogP contribution in [-0.4, -0.2) is 35.8 Å². The van der Waals surface area contributed by atoms with Crippen LogP contribution in [0.4, 0.5) is 4.79 Å². The van der Waals surface area contributed by atoms with E-state index in [0.29, 0.717) is 19.4 Å². The molecule has 0 spiro atoms. The van der Waals surface area contributed by atoms with Crippen molar-refractivity contribution >= 4 is 18.0 Å². The lowest BCUT2D eigenvalue weighted by Gasteiger charge is -2.12. The van der Waals surface area contributed by atoms with E-state index < -0.39 is 24.1 Å². The normalized spacial score (nSPS) is 11.3. The number of carboxylic acid groups (broad SMARTS) is 1. The summed E-state index contributed by atoms with van der Waals surface area (Å²) in [5, 5.41) is 11.5. The fourth-order valence-electron chi connectivity index (χ4n) is 1.85. The van der Waals surface area contributed by atoms with Gasteiger partial charge < -0.3 is 19.9 Å². The molecule has 0 aromatic heterocycles. The van der Waals surface area contributed by atoms with E-state index in [-0.39, 0.29) is 13.0 Å². The van der Waals surface area contributed by atoms with Gasteiger partial charge in [0, 0.05) is 13.5 Å². The summed E-state index contributed by atoms with van der Waals surface area (Å²) in [5.74, 6) is -1.80. The number of rotatable bonds is 9. The highest BCUT2D eigenvalue weighted by atomic mass is 16.6. The summed E-state index contributed by atoms with van der Waals surface area (Å²) in [6.07, 6.45) is -0.397. The van der Waals surface area contributed by atoms with Crippen LogP contribution in [0, 0.1) is 0 Å². The molecule has 0 aliphatic rings. The minimum Gasteiger partial charge on any atom is -0.479 e. The number of benzene rings is 1. The molecule has 7 nitrogen and oxygen atoms in total. The summed E-state index contributed by atoms with van der Waals surface area (Å²) in [6.45, 7) is 1.72. The van der Waals surface area contributed by atoms with Crippen LogP contribution in [-0.2, 0) is 25.7 Å². The molecule has 0 fully saturated rings. The zero-order chi connectivity index (χ0) is 17.1. The van der Waals surface area contributed by atoms with E-state index in [9.17, 15) is 14.4 Å². The minimum absolute atomic E-state index is 0.195. The van der Waals surface area contributed by atoms with Gasteiger partial charge in [0.2, 0.25) is 0 Å². The number of hydrogen-bond donors (Lipinski definition) is 2. The molecule has 1 atom stereocenters. The van der Waals surface area contributed by atoms with Gasteiger partial charge in [-0.05, 0) is 24.8 Å². The first-order valence-corrected chi connectivity index (χ1v) is 7.33. The maximum absolute atomic E-state index is 11.5. The maximum Gasteiger partial charge on any atom is 0.407 e. The SMILES string of the molecule is CC(=O)O[C@@H](CCCCNC(=O)OCc1ccccc1)C(=O)O. The highest BCUT2D eigenvalue weighted by Gasteiger charge is 2.19. The standard InChI is InChI=1S/C16H21NO6/c1-12(18)23-14(15(19)20)9-5-6-10-17-16(21)22-11-13-7-3-2-4-8-13/h2-4,7-8,14H,5-6,9-11H2,1H3,(H,17,21)(H,19,20)/t14-/m0/s1. The zero-order valence-corrected chi connectivity index (χ0v) is 13.0. The van der Waals surface area contributed by atoms with Crippen molar-refractivity contribution < 1.29 is 29.0 Å². The molecule has 0 bridgehead atoms. The fraction of sp³-hybridized carbons (Fsp3) is 0.438. The predicted molar refractivity (Wildman–Crippen MR) is 81.7 cm³/mol. The number of alkyl carbamates (subject to hydrolysis) is 1. The first kappa shape index (κ1) is 18.5. The average Bonchev–Trinajstić information content (AvgIpc) is 2.52. The van der Waals surface area contributed by atoms with E-state index in [2.05, 4.69) is 10.1 Å². The lowest BCUT2D eigenvalue weighted by molar-refractivity contribution is -0.163. The number of ether oxygens (including phenoxy) is 2. The van der Waals surface area contributed by atoms with Gasteiger partial charge in [-0.1, -0.05) is 30.3 Å². The molecule has 1 aromatic carbocycles. The first-order chi connectivity index (χ1) is 11.0. The number of hydrogen-bond acceptors (Lipinski definition) is 5. The van der Waals surface area contributed by atoms with Crippen molar-refractivity contribution in [2.45, 2.75) is 38.9 Å². The molecular formula is C16H21NO6. The molecule has 0 aliphatic heterocycles. The van der Waals surface area contributed by atoms with Gasteiger partial charge in [-0.3, -0.25) is 4.79 Å². The van der Waals surface area contributed by atoms with Crippen LogP contribution in [0.15, 0.2) is 30.3 Å². The third-order valence-electron chi connectivity index (χ3n) is 2.96. The van der Waals surface area contributed by atoms with Crippen molar-refractivity contribution in [3.05, 3.63) is 35.9 Å². The number of esters is 1. The van der Waals surface area contributed by atoms with Gasteiger partial charge in [0.25, 0.3) is 0 Å². The van der Waals surface area contributed by atoms with Gasteiger partial charge in [-0.15, -0.1) is 0 Å². The Morgan fingerprint density at radius 3 is 2.48 bits per heavy atom. The summed E-state index contributed by atoms with van der Waals surface area (Å²) in [6, 6.07) is 9.31. The van der Waals surface area contributed by atoms with Crippen LogP contribution in [0.3, 0.4) is 0 Å². The number of carbonyl (C=O) groups is 3. The summed E-state index contributed by atoms with van der Waals surface area (Å²) in [7, 11) is 0. The number of nitrogens with one attached hydrogen (secondary N) is 1. The van der Waals surface area contributed by atoms with Crippen molar-refractivity contribution in [1.82, 2.24) is 5.32 Å². The lowest BCUT2D eigenvalue weighted by Crippen LogP contribution is -2.27. The Kier molecular flexibility index (Phi) is 8.20. The van der Waals surface area contributed by atoms with Crippen LogP contribution in [0.5, 0.6) is 0 Å². The Morgan fingerprint density at radius 1 is 1.17 bits per heavy atom. The molecule has 2 N–H and O–H groups in total. The molecule has 1 amide bonds. The Bertz CT molecular complexity index is 517. The second-order valence-corrected chi connectivity index (χ2v) is 4.92. The van der Waals surface area contributed by atoms with Crippen molar-refractivity contribution in [1.29, 1.82) is 0 Å². The molecule has 0 unspecified atom stereocenters. The van der Waals surface area contributed by atoms with E-state index in [1.165, 1.54) is 6.92 Å². The number of carbonyl (C=O) groups excluding carboxylic acids is 2. The van der Waals surface area contributed by atoms with E-state index in [0.717, 1.165) is 5.56 Å². The van der Waals surface area contributed by atoms with Crippen molar-refractivity contribution in [2.24, 2.45) is 0 Å². The minimum atomic E-state index is -1.17. The Labute approximate surface area is 134 Å². The molecule has 1 aromatic rings. The second-order valence-electron chi connectivity index (χ2n) is 4.92. The van der Waals surface area contributed by atoms with E-state index in [1.54, 1.807) is 0 Å². The number of carboxylic acids is 1. The largest absolute Gasteiger partial charge is 0.479 e. The molecule has 0 radical (unpaired) electrons. The molecule has 0 heterocycles. The molecule has 0 saturated carbocycles. The third-order valence-corrected chi connectivity index (χ3v) is 2.96. The van der Waals surface area contributed by atoms with Crippen LogP contribution in [0.2, 0.25) is 0 Å². The van der Waals surface area contributed by atoms with E-state index in [4.69, 9.17) is 9.84 Å². The van der Waals surface area contributed by atoms with Gasteiger partial charge in [0.05, 0.1) is 0 Å². The Balaban J connectivity index is 2.12. The highest BCUT2D eigenvalue weighted by molar-refractivity contribution is 5.76. The average molecular weight is 323 g/mol. The van der Waals surface area contributed by atoms with Crippen molar-refractivity contribution in [3.8, 4) is 0 Å². The topological polar surface area (TPSA) is 102 Å². The number of amides is 1. The van der Waals surface area contributed by atoms with Crippen LogP contribution >= 0.6 is 0 Å². The van der Waals surface area contributed by atoms with E-state index in [1.807, 2.05) is 30.3 Å². The molecule has 1 rings (SSSR count). The lowest BCUT2D eigenvalue weighted by atomic mass is 10.1. The molecule has 23 heavy (non-hydrogen) atoms. The van der Waals surface area contributed by atoms with E-state index >= 15 is 0 Å². The van der Waals surface area contributed by atoms with Gasteiger partial charge in [-0.2, -0.15) is 0 Å². The van der Waals surface area contributed by atoms with Gasteiger partial charge in [0.15, 0.2) is 6.10 Å². The quantitative estimate of drug-likeness (QED) is 0.533. The Morgan fingerprint density at radius 2 is 1.87 bits per heavy atom. The van der Waals surface area contributed by atoms with Crippen molar-refractivity contribution in [2.75, 3.05) is 6.54 Å². The summed E-state index contributed by atoms with van der Waals surface area (Å²) in [5.41, 5.74) is 0.897. The van der Waals surface area contributed by atoms with Crippen LogP contribution in [0.1, 0.15) is 31.7 Å². The van der Waals surface area contributed by atoms with Crippen LogP contribution in [0.25, 0.3) is 0 Å². The molecule has 0 saturated heterocycles. The first-order valence-electron chi connectivity index (χ1n) is 7.33. The van der Waals surface area contributed by atoms with Crippen LogP contribution < -0.4 is 5.32 Å². The number of unbranched alkanes of at least 4 members (excludes halogenated alkanes) is 1. The molecular weight excluding hydrogens is 302 g/mol. The summed E-state index contributed by atoms with van der Waals surface area (Å²) in [4.78, 5) is 33.1. The molecule has 0 aliphatic carbocycles. The van der Waals surface area contributed by atoms with Gasteiger partial charge in [-0.25, -0.2) is 9.59 Å². The predicted octanol–water partition coefficient (Wildman–Crippen LogP) is 2.10. The Hall–Kier alpha value is -2.57. The molecule has 7 heteroatoms. The number of aliphatic carboxylic acids is 1. The molecule has 126 valence electrons. The maximum atomic E-state index is 11.5. The highest BCUT2D eigenvalue weighted by Crippen LogP contribution is 2.06. The third kappa shape index (κ3) is 8.45.